The second-order valence-electron chi connectivity index (χ2n) is 14.2. The van der Waals surface area contributed by atoms with Gasteiger partial charge in [0.05, 0.1) is 32.0 Å². The first-order valence-corrected chi connectivity index (χ1v) is 22.9. The maximum Gasteiger partial charge on any atom is 0.484 e. The molecule has 0 radical (unpaired) electrons. The lowest BCUT2D eigenvalue weighted by molar-refractivity contribution is -0.135. The number of ether oxygens (including phenoxy) is 3. The van der Waals surface area contributed by atoms with Crippen LogP contribution in [0.5, 0.6) is 11.5 Å². The molecule has 1 saturated heterocycles. The van der Waals surface area contributed by atoms with Crippen LogP contribution in [0.15, 0.2) is 69.4 Å². The molecule has 336 valence electrons. The predicted octanol–water partition coefficient (Wildman–Crippen LogP) is 8.79. The van der Waals surface area contributed by atoms with Gasteiger partial charge in [0.1, 0.15) is 17.7 Å². The number of esters is 2. The van der Waals surface area contributed by atoms with Crippen molar-refractivity contribution in [2.45, 2.75) is 129 Å². The number of rotatable bonds is 26. The van der Waals surface area contributed by atoms with Crippen molar-refractivity contribution in [2.75, 3.05) is 6.61 Å². The first-order chi connectivity index (χ1) is 28.7. The molecule has 2 unspecified atom stereocenters. The first kappa shape index (κ1) is 50.9. The number of azide groups is 1. The topological polar surface area (TPSA) is 292 Å². The number of aryl methyl sites for hydroxylation is 1. The van der Waals surface area contributed by atoms with Crippen LogP contribution >= 0.6 is 15.6 Å². The van der Waals surface area contributed by atoms with Gasteiger partial charge in [-0.05, 0) is 60.7 Å². The highest BCUT2D eigenvalue weighted by atomic mass is 31.3. The van der Waals surface area contributed by atoms with Gasteiger partial charge in [0.15, 0.2) is 0 Å². The quantitative estimate of drug-likeness (QED) is 0.0129. The zero-order valence-corrected chi connectivity index (χ0v) is 36.5. The van der Waals surface area contributed by atoms with E-state index >= 15 is 0 Å². The van der Waals surface area contributed by atoms with Crippen molar-refractivity contribution in [3.63, 3.8) is 0 Å². The van der Waals surface area contributed by atoms with Gasteiger partial charge in [-0.1, -0.05) is 88.2 Å². The second-order valence-corrected chi connectivity index (χ2v) is 17.4. The first-order valence-electron chi connectivity index (χ1n) is 19.9. The summed E-state index contributed by atoms with van der Waals surface area (Å²) in [6, 6.07) is 11.2. The van der Waals surface area contributed by atoms with E-state index in [1.807, 2.05) is 6.92 Å². The second kappa shape index (κ2) is 25.5. The maximum atomic E-state index is 14.0. The largest absolute Gasteiger partial charge is 0.484 e. The third-order valence-corrected chi connectivity index (χ3v) is 12.3. The number of aromatic amines is 1. The summed E-state index contributed by atoms with van der Waals surface area (Å²) in [6.45, 7) is 3.95. The minimum absolute atomic E-state index is 0. The SMILES string of the molecule is CCCCCCCCCC(=O)Oc1ccc(COP(=O)(OCc2ccc(OC(=O)CCCC)cc2)OP(=O)(O)OC[C@H]2O[C@@H](n3cc(C)c(=O)[nH]c3=O)C[C@@H]2N=[N+]=[N-])cc1.N. The Balaban J connectivity index is 0.00000992. The van der Waals surface area contributed by atoms with Gasteiger partial charge in [0, 0.05) is 35.9 Å². The molecule has 61 heavy (non-hydrogen) atoms. The highest BCUT2D eigenvalue weighted by Gasteiger charge is 2.42. The predicted molar refractivity (Wildman–Crippen MR) is 223 cm³/mol. The monoisotopic (exact) mass is 894 g/mol. The number of hydrogen-bond donors (Lipinski definition) is 3. The Bertz CT molecular complexity index is 2130. The maximum absolute atomic E-state index is 14.0. The van der Waals surface area contributed by atoms with Gasteiger partial charge in [-0.25, -0.2) is 13.9 Å². The van der Waals surface area contributed by atoms with Crippen LogP contribution in [0.4, 0.5) is 0 Å². The Labute approximate surface area is 353 Å². The number of phosphoric ester groups is 2. The smallest absolute Gasteiger partial charge is 0.427 e. The van der Waals surface area contributed by atoms with E-state index in [4.69, 9.17) is 37.6 Å². The van der Waals surface area contributed by atoms with Crippen molar-refractivity contribution in [3.8, 4) is 11.5 Å². The van der Waals surface area contributed by atoms with E-state index < -0.39 is 71.1 Å². The number of benzene rings is 2. The summed E-state index contributed by atoms with van der Waals surface area (Å²) in [7, 11) is -10.3. The molecular formula is C39H56N6O14P2. The molecule has 0 spiro atoms. The van der Waals surface area contributed by atoms with Crippen LogP contribution in [0.2, 0.25) is 0 Å². The Morgan fingerprint density at radius 3 is 1.92 bits per heavy atom. The van der Waals surface area contributed by atoms with Gasteiger partial charge in [0.25, 0.3) is 5.56 Å². The van der Waals surface area contributed by atoms with Crippen LogP contribution in [0.25, 0.3) is 10.4 Å². The lowest BCUT2D eigenvalue weighted by atomic mass is 10.1. The number of nitrogens with one attached hydrogen (secondary N) is 1. The van der Waals surface area contributed by atoms with Gasteiger partial charge in [-0.3, -0.25) is 37.5 Å². The lowest BCUT2D eigenvalue weighted by Gasteiger charge is -2.22. The van der Waals surface area contributed by atoms with Crippen LogP contribution in [0.3, 0.4) is 0 Å². The number of carbonyl (C=O) groups excluding carboxylic acids is 2. The fourth-order valence-corrected chi connectivity index (χ4v) is 8.55. The Morgan fingerprint density at radius 1 is 0.852 bits per heavy atom. The lowest BCUT2D eigenvalue weighted by Crippen LogP contribution is -2.33. The molecule has 22 heteroatoms. The number of phosphoric acid groups is 2. The van der Waals surface area contributed by atoms with Crippen molar-refractivity contribution in [1.29, 1.82) is 0 Å². The Hall–Kier alpha value is -4.45. The van der Waals surface area contributed by atoms with Crippen molar-refractivity contribution >= 4 is 27.6 Å². The molecular weight excluding hydrogens is 838 g/mol. The average Bonchev–Trinajstić information content (AvgIpc) is 3.62. The van der Waals surface area contributed by atoms with Gasteiger partial charge in [-0.15, -0.1) is 0 Å². The van der Waals surface area contributed by atoms with Crippen LogP contribution in [-0.2, 0) is 54.6 Å². The molecule has 0 bridgehead atoms. The normalized spacial score (nSPS) is 17.9. The molecule has 3 aromatic rings. The van der Waals surface area contributed by atoms with E-state index in [0.717, 1.165) is 36.7 Å². The standard InChI is InChI=1S/C39H53N5O14P2.H3N/c1-4-6-8-9-10-11-12-14-37(46)56-32-21-17-30(18-22-32)26-54-60(51,53-25-29-15-19-31(20-16-29)55-36(45)13-7-5-2)58-59(49,50)52-27-34-33(42-43-40)23-35(57-34)44-24-28(3)38(47)41-39(44)48;/h15-22,24,33-35H,4-14,23,25-27H2,1-3H3,(H,49,50)(H,41,47,48);1H3/t33-,34+,35+,60?;/m0./s1. The van der Waals surface area contributed by atoms with Gasteiger partial charge in [-0.2, -0.15) is 4.31 Å². The molecule has 1 aromatic heterocycles. The molecule has 5 atom stereocenters. The number of nitrogens with zero attached hydrogens (tertiary/aromatic N) is 4. The summed E-state index contributed by atoms with van der Waals surface area (Å²) in [5, 5.41) is 3.65. The number of aromatic nitrogens is 2. The molecule has 1 fully saturated rings. The number of carbonyl (C=O) groups is 2. The zero-order chi connectivity index (χ0) is 43.5. The highest BCUT2D eigenvalue weighted by Crippen LogP contribution is 2.64. The minimum Gasteiger partial charge on any atom is -0.427 e. The van der Waals surface area contributed by atoms with Crippen LogP contribution in [0.1, 0.15) is 114 Å². The molecule has 1 aliphatic heterocycles. The third kappa shape index (κ3) is 17.4. The highest BCUT2D eigenvalue weighted by molar-refractivity contribution is 7.61. The third-order valence-electron chi connectivity index (χ3n) is 9.27. The summed E-state index contributed by atoms with van der Waals surface area (Å²) in [5.74, 6) is -0.215. The van der Waals surface area contributed by atoms with E-state index in [-0.39, 0.29) is 48.4 Å². The van der Waals surface area contributed by atoms with Gasteiger partial charge in [0.2, 0.25) is 0 Å². The van der Waals surface area contributed by atoms with Crippen molar-refractivity contribution in [3.05, 3.63) is 103 Å². The number of hydrogen-bond acceptors (Lipinski definition) is 15. The summed E-state index contributed by atoms with van der Waals surface area (Å²) in [4.78, 5) is 64.4. The van der Waals surface area contributed by atoms with E-state index in [1.165, 1.54) is 80.9 Å². The van der Waals surface area contributed by atoms with Gasteiger partial charge >= 0.3 is 33.3 Å². The van der Waals surface area contributed by atoms with Crippen LogP contribution in [0, 0.1) is 6.92 Å². The zero-order valence-electron chi connectivity index (χ0n) is 34.7. The van der Waals surface area contributed by atoms with E-state index in [9.17, 15) is 33.2 Å². The summed E-state index contributed by atoms with van der Waals surface area (Å²) in [6.07, 6.45) is 8.45. The molecule has 5 N–H and O–H groups in total. The summed E-state index contributed by atoms with van der Waals surface area (Å²) >= 11 is 0. The van der Waals surface area contributed by atoms with Crippen molar-refractivity contribution < 1.29 is 55.7 Å². The van der Waals surface area contributed by atoms with E-state index in [0.29, 0.717) is 17.5 Å². The molecule has 4 rings (SSSR count). The molecule has 2 heterocycles. The van der Waals surface area contributed by atoms with Crippen molar-refractivity contribution in [2.24, 2.45) is 5.11 Å². The van der Waals surface area contributed by atoms with Gasteiger partial charge < -0.3 is 25.3 Å². The molecule has 0 aliphatic carbocycles. The minimum atomic E-state index is -5.31. The van der Waals surface area contributed by atoms with E-state index in [2.05, 4.69) is 21.9 Å². The average molecular weight is 895 g/mol. The van der Waals surface area contributed by atoms with Crippen LogP contribution < -0.4 is 26.9 Å². The van der Waals surface area contributed by atoms with E-state index in [1.54, 1.807) is 0 Å². The summed E-state index contributed by atoms with van der Waals surface area (Å²) in [5.41, 5.74) is 8.77. The summed E-state index contributed by atoms with van der Waals surface area (Å²) < 4.78 is 66.2. The molecule has 1 aliphatic rings. The molecule has 0 amide bonds. The Morgan fingerprint density at radius 2 is 1.38 bits per heavy atom. The Kier molecular flexibility index (Phi) is 21.3. The number of unbranched alkanes of at least 4 members (excludes halogenated alkanes) is 7. The molecule has 2 aromatic carbocycles. The number of H-pyrrole nitrogens is 1. The fourth-order valence-electron chi connectivity index (χ4n) is 5.95. The van der Waals surface area contributed by atoms with Crippen LogP contribution in [-0.4, -0.2) is 45.1 Å². The molecule has 0 saturated carbocycles. The van der Waals surface area contributed by atoms with Crippen molar-refractivity contribution in [1.82, 2.24) is 15.7 Å². The molecule has 20 nitrogen and oxygen atoms in total. The fraction of sp³-hybridized carbons (Fsp3) is 0.538.